The van der Waals surface area contributed by atoms with E-state index in [9.17, 15) is 4.79 Å². The Labute approximate surface area is 152 Å². The van der Waals surface area contributed by atoms with E-state index in [0.717, 1.165) is 39.3 Å². The van der Waals surface area contributed by atoms with Gasteiger partial charge >= 0.3 is 0 Å². The van der Waals surface area contributed by atoms with Crippen LogP contribution in [0, 0.1) is 6.92 Å². The minimum atomic E-state index is -0.0635. The molecule has 128 valence electrons. The van der Waals surface area contributed by atoms with Crippen molar-refractivity contribution < 1.29 is 9.53 Å². The highest BCUT2D eigenvalue weighted by Gasteiger charge is 2.25. The van der Waals surface area contributed by atoms with E-state index in [1.165, 1.54) is 0 Å². The molecule has 0 unspecified atom stereocenters. The van der Waals surface area contributed by atoms with E-state index in [1.807, 2.05) is 61.5 Å². The van der Waals surface area contributed by atoms with Crippen molar-refractivity contribution in [3.8, 4) is 16.9 Å². The van der Waals surface area contributed by atoms with Crippen molar-refractivity contribution in [1.82, 2.24) is 0 Å². The minimum Gasteiger partial charge on any atom is -0.496 e. The molecule has 3 aromatic rings. The molecule has 4 rings (SSSR count). The number of aryl methyl sites for hydroxylation is 1. The molecule has 3 heteroatoms. The topological polar surface area (TPSA) is 38.3 Å². The van der Waals surface area contributed by atoms with Gasteiger partial charge < -0.3 is 10.1 Å². The molecule has 26 heavy (non-hydrogen) atoms. The van der Waals surface area contributed by atoms with Crippen LogP contribution in [0.1, 0.15) is 16.7 Å². The predicted octanol–water partition coefficient (Wildman–Crippen LogP) is 5.16. The van der Waals surface area contributed by atoms with Gasteiger partial charge in [0.1, 0.15) is 5.75 Å². The zero-order valence-electron chi connectivity index (χ0n) is 14.7. The molecular formula is C23H19NO2. The summed E-state index contributed by atoms with van der Waals surface area (Å²) in [4.78, 5) is 12.5. The van der Waals surface area contributed by atoms with Crippen LogP contribution in [-0.4, -0.2) is 13.0 Å². The molecule has 3 aromatic carbocycles. The maximum absolute atomic E-state index is 12.5. The number of ether oxygens (including phenoxy) is 1. The van der Waals surface area contributed by atoms with E-state index in [-0.39, 0.29) is 5.91 Å². The lowest BCUT2D eigenvalue weighted by atomic mass is 9.97. The number of rotatable bonds is 3. The second kappa shape index (κ2) is 6.52. The second-order valence-electron chi connectivity index (χ2n) is 6.34. The fourth-order valence-electron chi connectivity index (χ4n) is 3.40. The standard InChI is InChI=1S/C23H19NO2/c1-15-7-6-10-20-22(15)19(23(25)24-20)14-16-11-12-21(26-2)18(13-16)17-8-4-3-5-9-17/h3-14H,1-2H3,(H,24,25)/b19-14+. The highest BCUT2D eigenvalue weighted by Crippen LogP contribution is 2.37. The van der Waals surface area contributed by atoms with Gasteiger partial charge in [-0.05, 0) is 47.9 Å². The van der Waals surface area contributed by atoms with Crippen molar-refractivity contribution in [2.75, 3.05) is 12.4 Å². The van der Waals surface area contributed by atoms with E-state index < -0.39 is 0 Å². The van der Waals surface area contributed by atoms with Gasteiger partial charge in [0.2, 0.25) is 0 Å². The molecule has 1 N–H and O–H groups in total. The Hall–Kier alpha value is -3.33. The molecule has 0 atom stereocenters. The van der Waals surface area contributed by atoms with Gasteiger partial charge in [0.05, 0.1) is 7.11 Å². The van der Waals surface area contributed by atoms with Gasteiger partial charge in [0, 0.05) is 22.4 Å². The summed E-state index contributed by atoms with van der Waals surface area (Å²) < 4.78 is 5.52. The van der Waals surface area contributed by atoms with Gasteiger partial charge in [0.15, 0.2) is 0 Å². The number of fused-ring (bicyclic) bond motifs is 1. The first-order chi connectivity index (χ1) is 12.7. The van der Waals surface area contributed by atoms with E-state index in [4.69, 9.17) is 4.74 Å². The van der Waals surface area contributed by atoms with Crippen molar-refractivity contribution in [3.05, 3.63) is 83.4 Å². The molecule has 0 spiro atoms. The summed E-state index contributed by atoms with van der Waals surface area (Å²) in [6, 6.07) is 22.0. The molecule has 1 aliphatic heterocycles. The van der Waals surface area contributed by atoms with Crippen molar-refractivity contribution in [3.63, 3.8) is 0 Å². The molecule has 1 amide bonds. The van der Waals surface area contributed by atoms with Crippen LogP contribution in [0.5, 0.6) is 5.75 Å². The molecule has 3 nitrogen and oxygen atoms in total. The van der Waals surface area contributed by atoms with Crippen LogP contribution in [0.4, 0.5) is 5.69 Å². The van der Waals surface area contributed by atoms with Crippen LogP contribution in [-0.2, 0) is 4.79 Å². The van der Waals surface area contributed by atoms with Gasteiger partial charge in [-0.15, -0.1) is 0 Å². The van der Waals surface area contributed by atoms with Crippen LogP contribution < -0.4 is 10.1 Å². The van der Waals surface area contributed by atoms with Crippen LogP contribution >= 0.6 is 0 Å². The third kappa shape index (κ3) is 2.78. The Balaban J connectivity index is 1.83. The van der Waals surface area contributed by atoms with Crippen molar-refractivity contribution in [1.29, 1.82) is 0 Å². The molecule has 0 saturated carbocycles. The van der Waals surface area contributed by atoms with Crippen LogP contribution in [0.25, 0.3) is 22.8 Å². The smallest absolute Gasteiger partial charge is 0.256 e. The molecule has 0 saturated heterocycles. The fraction of sp³-hybridized carbons (Fsp3) is 0.0870. The van der Waals surface area contributed by atoms with Crippen molar-refractivity contribution in [2.24, 2.45) is 0 Å². The van der Waals surface area contributed by atoms with E-state index in [0.29, 0.717) is 5.57 Å². The average molecular weight is 341 g/mol. The average Bonchev–Trinajstić information content (AvgIpc) is 2.99. The highest BCUT2D eigenvalue weighted by atomic mass is 16.5. The summed E-state index contributed by atoms with van der Waals surface area (Å²) in [5, 5.41) is 2.95. The Kier molecular flexibility index (Phi) is 4.05. The van der Waals surface area contributed by atoms with E-state index >= 15 is 0 Å². The molecule has 1 heterocycles. The van der Waals surface area contributed by atoms with Gasteiger partial charge in [-0.1, -0.05) is 48.5 Å². The lowest BCUT2D eigenvalue weighted by Gasteiger charge is -2.10. The Morgan fingerprint density at radius 3 is 2.54 bits per heavy atom. The fourth-order valence-corrected chi connectivity index (χ4v) is 3.40. The number of carbonyl (C=O) groups is 1. The number of hydrogen-bond acceptors (Lipinski definition) is 2. The second-order valence-corrected chi connectivity index (χ2v) is 6.34. The van der Waals surface area contributed by atoms with E-state index in [2.05, 4.69) is 23.5 Å². The lowest BCUT2D eigenvalue weighted by molar-refractivity contribution is -0.110. The molecule has 0 radical (unpaired) electrons. The maximum atomic E-state index is 12.5. The number of methoxy groups -OCH3 is 1. The highest BCUT2D eigenvalue weighted by molar-refractivity contribution is 6.35. The largest absolute Gasteiger partial charge is 0.496 e. The molecule has 1 aliphatic rings. The Morgan fingerprint density at radius 1 is 0.962 bits per heavy atom. The number of anilines is 1. The van der Waals surface area contributed by atoms with E-state index in [1.54, 1.807) is 7.11 Å². The van der Waals surface area contributed by atoms with Gasteiger partial charge in [-0.2, -0.15) is 0 Å². The molecule has 0 aliphatic carbocycles. The summed E-state index contributed by atoms with van der Waals surface area (Å²) in [5.41, 5.74) is 6.69. The third-order valence-electron chi connectivity index (χ3n) is 4.65. The lowest BCUT2D eigenvalue weighted by Crippen LogP contribution is -2.03. The summed E-state index contributed by atoms with van der Waals surface area (Å²) in [7, 11) is 1.67. The van der Waals surface area contributed by atoms with Crippen LogP contribution in [0.2, 0.25) is 0 Å². The molecule has 0 aromatic heterocycles. The van der Waals surface area contributed by atoms with Gasteiger partial charge in [-0.3, -0.25) is 4.79 Å². The van der Waals surface area contributed by atoms with Gasteiger partial charge in [-0.25, -0.2) is 0 Å². The number of amides is 1. The normalized spacial score (nSPS) is 14.2. The number of nitrogens with one attached hydrogen (secondary N) is 1. The summed E-state index contributed by atoms with van der Waals surface area (Å²) in [6.07, 6.45) is 1.94. The molecule has 0 fully saturated rings. The van der Waals surface area contributed by atoms with Crippen LogP contribution in [0.3, 0.4) is 0 Å². The van der Waals surface area contributed by atoms with Crippen LogP contribution in [0.15, 0.2) is 66.7 Å². The SMILES string of the molecule is COc1ccc(/C=C2/C(=O)Nc3cccc(C)c32)cc1-c1ccccc1. The number of hydrogen-bond donors (Lipinski definition) is 1. The van der Waals surface area contributed by atoms with Crippen molar-refractivity contribution in [2.45, 2.75) is 6.92 Å². The number of benzene rings is 3. The van der Waals surface area contributed by atoms with Gasteiger partial charge in [0.25, 0.3) is 5.91 Å². The van der Waals surface area contributed by atoms with Crippen molar-refractivity contribution >= 4 is 23.2 Å². The third-order valence-corrected chi connectivity index (χ3v) is 4.65. The quantitative estimate of drug-likeness (QED) is 0.668. The zero-order chi connectivity index (χ0) is 18.1. The first-order valence-electron chi connectivity index (χ1n) is 8.54. The molecule has 0 bridgehead atoms. The first kappa shape index (κ1) is 16.2. The summed E-state index contributed by atoms with van der Waals surface area (Å²) in [5.74, 6) is 0.747. The summed E-state index contributed by atoms with van der Waals surface area (Å²) >= 11 is 0. The minimum absolute atomic E-state index is 0.0635. The number of carbonyl (C=O) groups excluding carboxylic acids is 1. The zero-order valence-corrected chi connectivity index (χ0v) is 14.7. The monoisotopic (exact) mass is 341 g/mol. The Bertz CT molecular complexity index is 1020. The predicted molar refractivity (Wildman–Crippen MR) is 106 cm³/mol. The Morgan fingerprint density at radius 2 is 1.77 bits per heavy atom. The first-order valence-corrected chi connectivity index (χ1v) is 8.54. The molecular weight excluding hydrogens is 322 g/mol. The maximum Gasteiger partial charge on any atom is 0.256 e. The summed E-state index contributed by atoms with van der Waals surface area (Å²) in [6.45, 7) is 2.02.